The van der Waals surface area contributed by atoms with Gasteiger partial charge in [0.05, 0.1) is 0 Å². The van der Waals surface area contributed by atoms with Crippen LogP contribution in [-0.2, 0) is 10.8 Å². The van der Waals surface area contributed by atoms with Crippen molar-refractivity contribution >= 4 is 59.3 Å². The number of nitrogens with zero attached hydrogens (tertiary/aromatic N) is 1. The van der Waals surface area contributed by atoms with Crippen LogP contribution in [0.15, 0.2) is 164 Å². The third-order valence-corrected chi connectivity index (χ3v) is 13.6. The van der Waals surface area contributed by atoms with Gasteiger partial charge in [0.15, 0.2) is 0 Å². The highest BCUT2D eigenvalue weighted by Gasteiger charge is 2.40. The zero-order valence-corrected chi connectivity index (χ0v) is 31.8. The van der Waals surface area contributed by atoms with Crippen molar-refractivity contribution in [1.82, 2.24) is 0 Å². The molecule has 1 heterocycles. The number of anilines is 3. The fraction of sp³-hybridized carbons (Fsp3) is 0.115. The molecule has 0 atom stereocenters. The lowest BCUT2D eigenvalue weighted by Crippen LogP contribution is -2.16. The molecule has 2 heteroatoms. The number of fused-ring (bicyclic) bond motifs is 13. The topological polar surface area (TPSA) is 3.24 Å². The molecule has 2 aliphatic rings. The van der Waals surface area contributed by atoms with Gasteiger partial charge in [-0.05, 0) is 103 Å². The maximum absolute atomic E-state index is 2.48. The van der Waals surface area contributed by atoms with Gasteiger partial charge in [-0.3, -0.25) is 0 Å². The van der Waals surface area contributed by atoms with Crippen molar-refractivity contribution in [2.24, 2.45) is 0 Å². The molecule has 0 amide bonds. The Morgan fingerprint density at radius 2 is 1.02 bits per heavy atom. The first-order valence-electron chi connectivity index (χ1n) is 19.0. The first-order valence-corrected chi connectivity index (χ1v) is 19.8. The van der Waals surface area contributed by atoms with E-state index in [9.17, 15) is 0 Å². The number of benzene rings is 8. The molecule has 0 spiro atoms. The second kappa shape index (κ2) is 11.3. The Balaban J connectivity index is 1.18. The Hall–Kier alpha value is -5.96. The molecule has 0 saturated carbocycles. The standard InChI is InChI=1S/C52H39NS/c1-51(2)43-19-11-8-16-37(43)38-28-26-36(31-45(38)51)53(34-24-22-33(23-25-34)32-14-6-5-7-15-32)35-27-29-39-42(30-35)47-40-17-9-12-20-44(40)52(3,4)49(47)48-41-18-10-13-21-46(41)54-50(39)48/h5-31H,1-4H3. The Morgan fingerprint density at radius 3 is 1.81 bits per heavy atom. The van der Waals surface area contributed by atoms with Gasteiger partial charge < -0.3 is 4.90 Å². The molecule has 0 saturated heterocycles. The van der Waals surface area contributed by atoms with E-state index < -0.39 is 0 Å². The van der Waals surface area contributed by atoms with Crippen LogP contribution in [-0.4, -0.2) is 0 Å². The minimum absolute atomic E-state index is 0.100. The van der Waals surface area contributed by atoms with E-state index in [2.05, 4.69) is 196 Å². The van der Waals surface area contributed by atoms with E-state index in [0.29, 0.717) is 0 Å². The predicted molar refractivity (Wildman–Crippen MR) is 232 cm³/mol. The van der Waals surface area contributed by atoms with Gasteiger partial charge in [0.2, 0.25) is 0 Å². The lowest BCUT2D eigenvalue weighted by Gasteiger charge is -2.29. The maximum Gasteiger partial charge on any atom is 0.0468 e. The molecule has 0 radical (unpaired) electrons. The fourth-order valence-corrected chi connectivity index (χ4v) is 11.1. The predicted octanol–water partition coefficient (Wildman–Crippen LogP) is 15.0. The van der Waals surface area contributed by atoms with Crippen LogP contribution in [0.5, 0.6) is 0 Å². The van der Waals surface area contributed by atoms with Gasteiger partial charge in [0, 0.05) is 53.5 Å². The highest BCUT2D eigenvalue weighted by molar-refractivity contribution is 7.26. The average molecular weight is 710 g/mol. The normalized spacial score (nSPS) is 14.6. The molecule has 8 aromatic carbocycles. The van der Waals surface area contributed by atoms with Gasteiger partial charge in [-0.2, -0.15) is 0 Å². The summed E-state index contributed by atoms with van der Waals surface area (Å²) in [6, 6.07) is 61.1. The third kappa shape index (κ3) is 4.32. The van der Waals surface area contributed by atoms with Gasteiger partial charge >= 0.3 is 0 Å². The Morgan fingerprint density at radius 1 is 0.426 bits per heavy atom. The Labute approximate surface area is 320 Å². The van der Waals surface area contributed by atoms with E-state index in [1.165, 1.54) is 92.3 Å². The van der Waals surface area contributed by atoms with Crippen LogP contribution < -0.4 is 4.90 Å². The molecule has 0 unspecified atom stereocenters. The maximum atomic E-state index is 2.48. The van der Waals surface area contributed by atoms with Crippen molar-refractivity contribution in [3.63, 3.8) is 0 Å². The summed E-state index contributed by atoms with van der Waals surface area (Å²) in [7, 11) is 0. The molecule has 54 heavy (non-hydrogen) atoms. The van der Waals surface area contributed by atoms with Crippen molar-refractivity contribution in [2.45, 2.75) is 38.5 Å². The largest absolute Gasteiger partial charge is 0.310 e. The second-order valence-corrected chi connectivity index (χ2v) is 17.2. The Bertz CT molecular complexity index is 2980. The summed E-state index contributed by atoms with van der Waals surface area (Å²) in [5.74, 6) is 0. The van der Waals surface area contributed by atoms with E-state index in [1.54, 1.807) is 0 Å². The summed E-state index contributed by atoms with van der Waals surface area (Å²) in [6.07, 6.45) is 0. The molecular formula is C52H39NS. The van der Waals surface area contributed by atoms with E-state index >= 15 is 0 Å². The SMILES string of the molecule is CC1(C)c2ccccc2-c2ccc(N(c3ccc(-c4ccccc4)cc3)c3ccc4c(c3)c3c(c5c6ccccc6sc45)C(C)(C)c4ccccc4-3)cc21. The van der Waals surface area contributed by atoms with Crippen molar-refractivity contribution < 1.29 is 0 Å². The first kappa shape index (κ1) is 31.6. The van der Waals surface area contributed by atoms with Gasteiger partial charge in [-0.15, -0.1) is 11.3 Å². The van der Waals surface area contributed by atoms with Gasteiger partial charge in [-0.25, -0.2) is 0 Å². The molecule has 1 aromatic heterocycles. The second-order valence-electron chi connectivity index (χ2n) is 16.1. The van der Waals surface area contributed by atoms with E-state index in [0.717, 1.165) is 11.4 Å². The van der Waals surface area contributed by atoms with Crippen molar-refractivity contribution in [2.75, 3.05) is 4.90 Å². The van der Waals surface area contributed by atoms with Gasteiger partial charge in [-0.1, -0.05) is 149 Å². The fourth-order valence-electron chi connectivity index (χ4n) is 9.82. The van der Waals surface area contributed by atoms with Crippen LogP contribution in [0.25, 0.3) is 64.3 Å². The van der Waals surface area contributed by atoms with Crippen molar-refractivity contribution in [1.29, 1.82) is 0 Å². The molecule has 11 rings (SSSR count). The summed E-state index contributed by atoms with van der Waals surface area (Å²) < 4.78 is 2.73. The lowest BCUT2D eigenvalue weighted by atomic mass is 9.79. The lowest BCUT2D eigenvalue weighted by molar-refractivity contribution is 0.660. The first-order chi connectivity index (χ1) is 26.3. The number of hydrogen-bond acceptors (Lipinski definition) is 2. The van der Waals surface area contributed by atoms with Crippen molar-refractivity contribution in [3.05, 3.63) is 186 Å². The average Bonchev–Trinajstić information content (AvgIpc) is 3.79. The van der Waals surface area contributed by atoms with E-state index in [4.69, 9.17) is 0 Å². The van der Waals surface area contributed by atoms with Crippen LogP contribution in [0.4, 0.5) is 17.1 Å². The zero-order valence-electron chi connectivity index (χ0n) is 30.9. The van der Waals surface area contributed by atoms with E-state index in [1.807, 2.05) is 11.3 Å². The molecule has 9 aromatic rings. The number of rotatable bonds is 4. The summed E-state index contributed by atoms with van der Waals surface area (Å²) in [4.78, 5) is 2.47. The monoisotopic (exact) mass is 709 g/mol. The van der Waals surface area contributed by atoms with Gasteiger partial charge in [0.25, 0.3) is 0 Å². The molecule has 0 bridgehead atoms. The molecule has 0 aliphatic heterocycles. The highest BCUT2D eigenvalue weighted by Crippen LogP contribution is 2.58. The molecule has 0 N–H and O–H groups in total. The summed E-state index contributed by atoms with van der Waals surface area (Å²) >= 11 is 1.94. The quantitative estimate of drug-likeness (QED) is 0.176. The molecule has 0 fully saturated rings. The molecule has 1 nitrogen and oxygen atoms in total. The minimum Gasteiger partial charge on any atom is -0.310 e. The molecule has 2 aliphatic carbocycles. The Kier molecular flexibility index (Phi) is 6.59. The number of thiophene rings is 1. The smallest absolute Gasteiger partial charge is 0.0468 e. The van der Waals surface area contributed by atoms with Crippen LogP contribution in [0.1, 0.15) is 49.9 Å². The van der Waals surface area contributed by atoms with Crippen LogP contribution in [0, 0.1) is 0 Å². The number of hydrogen-bond donors (Lipinski definition) is 0. The van der Waals surface area contributed by atoms with Crippen LogP contribution in [0.2, 0.25) is 0 Å². The third-order valence-electron chi connectivity index (χ3n) is 12.4. The van der Waals surface area contributed by atoms with Crippen molar-refractivity contribution in [3.8, 4) is 33.4 Å². The molecular weight excluding hydrogens is 671 g/mol. The van der Waals surface area contributed by atoms with Crippen LogP contribution in [0.3, 0.4) is 0 Å². The summed E-state index contributed by atoms with van der Waals surface area (Å²) in [5, 5.41) is 5.42. The minimum atomic E-state index is -0.133. The zero-order chi connectivity index (χ0) is 36.3. The highest BCUT2D eigenvalue weighted by atomic mass is 32.1. The summed E-state index contributed by atoms with van der Waals surface area (Å²) in [6.45, 7) is 9.58. The summed E-state index contributed by atoms with van der Waals surface area (Å²) in [5.41, 5.74) is 16.7. The van der Waals surface area contributed by atoms with Crippen LogP contribution >= 0.6 is 11.3 Å². The van der Waals surface area contributed by atoms with E-state index in [-0.39, 0.29) is 10.8 Å². The van der Waals surface area contributed by atoms with Gasteiger partial charge in [0.1, 0.15) is 0 Å². The molecule has 258 valence electrons.